The van der Waals surface area contributed by atoms with Crippen LogP contribution in [0.3, 0.4) is 0 Å². The first-order valence-corrected chi connectivity index (χ1v) is 6.34. The molecule has 0 aliphatic rings. The number of hydrogen-bond acceptors (Lipinski definition) is 1. The maximum Gasteiger partial charge on any atom is 0.130 e. The summed E-state index contributed by atoms with van der Waals surface area (Å²) in [5, 5.41) is 0. The molecule has 0 amide bonds. The highest BCUT2D eigenvalue weighted by Crippen LogP contribution is 2.24. The van der Waals surface area contributed by atoms with E-state index in [-0.39, 0.29) is 11.7 Å². The van der Waals surface area contributed by atoms with E-state index in [4.69, 9.17) is 0 Å². The third kappa shape index (κ3) is 3.56. The molecule has 0 fully saturated rings. The van der Waals surface area contributed by atoms with Gasteiger partial charge in [0.1, 0.15) is 5.78 Å². The molecule has 0 spiro atoms. The molecule has 0 unspecified atom stereocenters. The Morgan fingerprint density at radius 1 is 0.944 bits per heavy atom. The van der Waals surface area contributed by atoms with Crippen molar-refractivity contribution in [1.82, 2.24) is 0 Å². The monoisotopic (exact) mass is 238 g/mol. The van der Waals surface area contributed by atoms with Crippen LogP contribution in [-0.2, 0) is 11.2 Å². The number of carbonyl (C=O) groups excluding carboxylic acids is 1. The summed E-state index contributed by atoms with van der Waals surface area (Å²) in [6, 6.07) is 20.7. The molecule has 1 heteroatoms. The first-order valence-electron chi connectivity index (χ1n) is 6.34. The predicted octanol–water partition coefficient (Wildman–Crippen LogP) is 3.99. The Balaban J connectivity index is 2.18. The SMILES string of the molecule is CC(=O)C[C@@H](Cc1ccccc1)c1ccccc1. The lowest BCUT2D eigenvalue weighted by Crippen LogP contribution is -2.07. The zero-order chi connectivity index (χ0) is 12.8. The van der Waals surface area contributed by atoms with Gasteiger partial charge in [0, 0.05) is 6.42 Å². The summed E-state index contributed by atoms with van der Waals surface area (Å²) < 4.78 is 0. The molecule has 0 heterocycles. The van der Waals surface area contributed by atoms with Crippen LogP contribution in [0.5, 0.6) is 0 Å². The molecule has 1 atom stereocenters. The van der Waals surface area contributed by atoms with Crippen molar-refractivity contribution in [2.75, 3.05) is 0 Å². The van der Waals surface area contributed by atoms with Crippen LogP contribution in [0, 0.1) is 0 Å². The number of ketones is 1. The molecular formula is C17H18O. The van der Waals surface area contributed by atoms with Gasteiger partial charge < -0.3 is 4.79 Å². The van der Waals surface area contributed by atoms with E-state index in [2.05, 4.69) is 24.3 Å². The summed E-state index contributed by atoms with van der Waals surface area (Å²) >= 11 is 0. The fourth-order valence-corrected chi connectivity index (χ4v) is 2.28. The van der Waals surface area contributed by atoms with E-state index in [0.717, 1.165) is 6.42 Å². The van der Waals surface area contributed by atoms with Gasteiger partial charge in [-0.1, -0.05) is 60.7 Å². The van der Waals surface area contributed by atoms with E-state index in [0.29, 0.717) is 6.42 Å². The van der Waals surface area contributed by atoms with Crippen LogP contribution in [0.1, 0.15) is 30.4 Å². The van der Waals surface area contributed by atoms with Crippen LogP contribution >= 0.6 is 0 Å². The standard InChI is InChI=1S/C17H18O/c1-14(18)12-17(16-10-6-3-7-11-16)13-15-8-4-2-5-9-15/h2-11,17H,12-13H2,1H3/t17-/m0/s1. The molecule has 0 aliphatic carbocycles. The second kappa shape index (κ2) is 6.15. The Kier molecular flexibility index (Phi) is 4.30. The van der Waals surface area contributed by atoms with Crippen molar-refractivity contribution < 1.29 is 4.79 Å². The zero-order valence-corrected chi connectivity index (χ0v) is 10.7. The van der Waals surface area contributed by atoms with Gasteiger partial charge >= 0.3 is 0 Å². The average Bonchev–Trinajstić information content (AvgIpc) is 2.40. The molecule has 18 heavy (non-hydrogen) atoms. The Hall–Kier alpha value is -1.89. The Morgan fingerprint density at radius 3 is 2.06 bits per heavy atom. The van der Waals surface area contributed by atoms with E-state index < -0.39 is 0 Å². The highest BCUT2D eigenvalue weighted by atomic mass is 16.1. The van der Waals surface area contributed by atoms with Crippen molar-refractivity contribution in [1.29, 1.82) is 0 Å². The molecule has 92 valence electrons. The van der Waals surface area contributed by atoms with E-state index in [9.17, 15) is 4.79 Å². The second-order valence-corrected chi connectivity index (χ2v) is 4.70. The lowest BCUT2D eigenvalue weighted by molar-refractivity contribution is -0.117. The van der Waals surface area contributed by atoms with Crippen molar-refractivity contribution in [3.63, 3.8) is 0 Å². The second-order valence-electron chi connectivity index (χ2n) is 4.70. The van der Waals surface area contributed by atoms with E-state index >= 15 is 0 Å². The normalized spacial score (nSPS) is 12.1. The third-order valence-electron chi connectivity index (χ3n) is 3.13. The summed E-state index contributed by atoms with van der Waals surface area (Å²) in [6.45, 7) is 1.67. The summed E-state index contributed by atoms with van der Waals surface area (Å²) in [6.07, 6.45) is 1.53. The molecule has 0 radical (unpaired) electrons. The summed E-state index contributed by atoms with van der Waals surface area (Å²) in [7, 11) is 0. The molecule has 0 N–H and O–H groups in total. The van der Waals surface area contributed by atoms with Gasteiger partial charge in [0.15, 0.2) is 0 Å². The van der Waals surface area contributed by atoms with Crippen molar-refractivity contribution in [2.45, 2.75) is 25.7 Å². The third-order valence-corrected chi connectivity index (χ3v) is 3.13. The summed E-state index contributed by atoms with van der Waals surface area (Å²) in [5.74, 6) is 0.533. The summed E-state index contributed by atoms with van der Waals surface area (Å²) in [4.78, 5) is 11.4. The molecular weight excluding hydrogens is 220 g/mol. The lowest BCUT2D eigenvalue weighted by Gasteiger charge is -2.16. The quantitative estimate of drug-likeness (QED) is 0.769. The highest BCUT2D eigenvalue weighted by molar-refractivity contribution is 5.76. The number of benzene rings is 2. The predicted molar refractivity (Wildman–Crippen MR) is 74.6 cm³/mol. The van der Waals surface area contributed by atoms with Crippen LogP contribution in [0.2, 0.25) is 0 Å². The topological polar surface area (TPSA) is 17.1 Å². The molecule has 0 aromatic heterocycles. The molecule has 2 rings (SSSR count). The lowest BCUT2D eigenvalue weighted by atomic mass is 9.88. The van der Waals surface area contributed by atoms with Gasteiger partial charge in [0.25, 0.3) is 0 Å². The molecule has 0 saturated carbocycles. The van der Waals surface area contributed by atoms with Crippen molar-refractivity contribution in [3.05, 3.63) is 71.8 Å². The van der Waals surface area contributed by atoms with Gasteiger partial charge in [-0.15, -0.1) is 0 Å². The largest absolute Gasteiger partial charge is 0.300 e. The molecule has 0 aliphatic heterocycles. The average molecular weight is 238 g/mol. The molecule has 2 aromatic rings. The van der Waals surface area contributed by atoms with Crippen LogP contribution in [0.15, 0.2) is 60.7 Å². The molecule has 0 bridgehead atoms. The minimum absolute atomic E-state index is 0.250. The van der Waals surface area contributed by atoms with Crippen LogP contribution in [0.25, 0.3) is 0 Å². The van der Waals surface area contributed by atoms with Gasteiger partial charge in [-0.05, 0) is 30.4 Å². The van der Waals surface area contributed by atoms with Gasteiger partial charge in [0.05, 0.1) is 0 Å². The Labute approximate surface area is 108 Å². The van der Waals surface area contributed by atoms with E-state index in [1.165, 1.54) is 11.1 Å². The van der Waals surface area contributed by atoms with Gasteiger partial charge in [0.2, 0.25) is 0 Å². The zero-order valence-electron chi connectivity index (χ0n) is 10.7. The maximum absolute atomic E-state index is 11.4. The van der Waals surface area contributed by atoms with Gasteiger partial charge in [-0.3, -0.25) is 0 Å². The fraction of sp³-hybridized carbons (Fsp3) is 0.235. The Bertz CT molecular complexity index is 488. The Morgan fingerprint density at radius 2 is 1.50 bits per heavy atom. The highest BCUT2D eigenvalue weighted by Gasteiger charge is 2.14. The smallest absolute Gasteiger partial charge is 0.130 e. The first-order chi connectivity index (χ1) is 8.75. The molecule has 0 saturated heterocycles. The number of hydrogen-bond donors (Lipinski definition) is 0. The number of Topliss-reactive ketones (excluding diaryl/α,β-unsaturated/α-hetero) is 1. The number of rotatable bonds is 5. The minimum atomic E-state index is 0.250. The minimum Gasteiger partial charge on any atom is -0.300 e. The van der Waals surface area contributed by atoms with E-state index in [1.807, 2.05) is 36.4 Å². The maximum atomic E-state index is 11.4. The molecule has 2 aromatic carbocycles. The van der Waals surface area contributed by atoms with Crippen LogP contribution in [-0.4, -0.2) is 5.78 Å². The first kappa shape index (κ1) is 12.6. The fourth-order valence-electron chi connectivity index (χ4n) is 2.28. The van der Waals surface area contributed by atoms with Crippen molar-refractivity contribution >= 4 is 5.78 Å². The van der Waals surface area contributed by atoms with Gasteiger partial charge in [-0.25, -0.2) is 0 Å². The number of carbonyl (C=O) groups is 1. The van der Waals surface area contributed by atoms with Crippen molar-refractivity contribution in [2.24, 2.45) is 0 Å². The molecule has 1 nitrogen and oxygen atoms in total. The van der Waals surface area contributed by atoms with Crippen molar-refractivity contribution in [3.8, 4) is 0 Å². The van der Waals surface area contributed by atoms with Gasteiger partial charge in [-0.2, -0.15) is 0 Å². The van der Waals surface area contributed by atoms with E-state index in [1.54, 1.807) is 6.92 Å². The summed E-state index contributed by atoms with van der Waals surface area (Å²) in [5.41, 5.74) is 2.53. The van der Waals surface area contributed by atoms with Crippen LogP contribution < -0.4 is 0 Å². The van der Waals surface area contributed by atoms with Crippen LogP contribution in [0.4, 0.5) is 0 Å².